The molecule has 3 aromatic carbocycles. The summed E-state index contributed by atoms with van der Waals surface area (Å²) in [4.78, 5) is 89.3. The lowest BCUT2D eigenvalue weighted by molar-refractivity contribution is -0.174. The number of carboxylic acid groups (broad SMARTS) is 1. The summed E-state index contributed by atoms with van der Waals surface area (Å²) >= 11 is 0. The van der Waals surface area contributed by atoms with E-state index in [0.29, 0.717) is 41.5 Å². The number of nitrogens with one attached hydrogen (secondary N) is 1. The number of Topliss-reactive ketones (excluding diaryl/α,β-unsaturated/α-hetero) is 1. The van der Waals surface area contributed by atoms with Gasteiger partial charge in [0.15, 0.2) is 0 Å². The number of carboxylic acids is 1. The maximum absolute atomic E-state index is 14.3. The monoisotopic (exact) mass is 841 g/mol. The van der Waals surface area contributed by atoms with E-state index in [0.717, 1.165) is 19.6 Å². The number of amides is 1. The molecule has 2 saturated carbocycles. The standard InChI is InChI=1S/C44H47NO10.C2H4O2.CH4O/c1-26-32-23-34(48)31-21-14-22-35(53-27(2)47)37(31)39(55-42(50)30-19-12-7-13-20-30)33(44(32,3)4)24-36(26)54-43(51)40(52-25-46)38(28-15-8-5-9-16-28)45-41(49)29-17-10-6-11-18-29;1-2(3)4;1-2/h5-13,15-20,25,31,33,35-40H,14,21-24H2,1-4H3,(H,45,49);1H3,(H,3,4);2H,1H3/t31?,33?,35?,36-,37-,38?,39?,40+;;/m0../s1. The summed E-state index contributed by atoms with van der Waals surface area (Å²) in [6, 6.07) is 24.5. The SMILES string of the molecule is CC(=O)O.CC(=O)OC1CCCC2C(=O)CC3=C(C)[C@@H](OC(=O)[C@H](OC=O)C(NC(=O)c4ccccc4)c4ccccc4)CC(C(OC(=O)c4ccccc4)[C@H]12)C3(C)C.CO. The smallest absolute Gasteiger partial charge is 0.350 e. The Kier molecular flexibility index (Phi) is 17.1. The van der Waals surface area contributed by atoms with Crippen LogP contribution in [0.4, 0.5) is 0 Å². The highest BCUT2D eigenvalue weighted by molar-refractivity contribution is 5.95. The minimum Gasteiger partial charge on any atom is -0.481 e. The lowest BCUT2D eigenvalue weighted by Gasteiger charge is -2.53. The van der Waals surface area contributed by atoms with Crippen molar-refractivity contribution in [3.05, 3.63) is 119 Å². The van der Waals surface area contributed by atoms with Crippen LogP contribution in [-0.4, -0.2) is 83.8 Å². The van der Waals surface area contributed by atoms with Crippen molar-refractivity contribution in [2.24, 2.45) is 23.2 Å². The van der Waals surface area contributed by atoms with Crippen molar-refractivity contribution in [1.29, 1.82) is 0 Å². The number of allylic oxidation sites excluding steroid dienone is 1. The molecule has 8 atom stereocenters. The minimum absolute atomic E-state index is 0.0644. The highest BCUT2D eigenvalue weighted by Gasteiger charge is 2.57. The normalized spacial score (nSPS) is 23.4. The van der Waals surface area contributed by atoms with E-state index >= 15 is 0 Å². The number of benzene rings is 3. The van der Waals surface area contributed by atoms with Crippen molar-refractivity contribution >= 4 is 42.0 Å². The first-order valence-corrected chi connectivity index (χ1v) is 20.1. The molecular weight excluding hydrogens is 787 g/mol. The van der Waals surface area contributed by atoms with Crippen LogP contribution in [0.25, 0.3) is 0 Å². The number of carbonyl (C=O) groups is 7. The fraction of sp³-hybridized carbons (Fsp3) is 0.426. The van der Waals surface area contributed by atoms with Crippen molar-refractivity contribution in [3.8, 4) is 0 Å². The molecule has 0 aliphatic heterocycles. The second-order valence-electron chi connectivity index (χ2n) is 15.7. The van der Waals surface area contributed by atoms with Gasteiger partial charge in [-0.2, -0.15) is 0 Å². The Labute approximate surface area is 355 Å². The summed E-state index contributed by atoms with van der Waals surface area (Å²) in [5.74, 6) is -5.04. The Morgan fingerprint density at radius 1 is 0.820 bits per heavy atom. The molecule has 1 amide bonds. The van der Waals surface area contributed by atoms with Gasteiger partial charge in [-0.05, 0) is 73.4 Å². The molecule has 5 unspecified atom stereocenters. The van der Waals surface area contributed by atoms with E-state index < -0.39 is 83.4 Å². The second kappa shape index (κ2) is 21.9. The number of aliphatic hydroxyl groups excluding tert-OH is 1. The molecule has 3 N–H and O–H groups in total. The third-order valence-electron chi connectivity index (χ3n) is 11.6. The molecule has 3 aliphatic carbocycles. The zero-order valence-corrected chi connectivity index (χ0v) is 35.3. The van der Waals surface area contributed by atoms with Crippen molar-refractivity contribution in [2.75, 3.05) is 7.11 Å². The fourth-order valence-corrected chi connectivity index (χ4v) is 8.87. The quantitative estimate of drug-likeness (QED) is 0.0849. The zero-order valence-electron chi connectivity index (χ0n) is 35.3. The Bertz CT molecular complexity index is 2030. The van der Waals surface area contributed by atoms with Crippen LogP contribution in [0.2, 0.25) is 0 Å². The van der Waals surface area contributed by atoms with Gasteiger partial charge in [-0.15, -0.1) is 0 Å². The Hall–Kier alpha value is -6.15. The van der Waals surface area contributed by atoms with E-state index in [1.165, 1.54) is 6.92 Å². The van der Waals surface area contributed by atoms with Crippen LogP contribution < -0.4 is 5.32 Å². The van der Waals surface area contributed by atoms with E-state index in [9.17, 15) is 28.8 Å². The number of ketones is 1. The van der Waals surface area contributed by atoms with E-state index in [1.807, 2.05) is 20.8 Å². The van der Waals surface area contributed by atoms with Crippen LogP contribution in [0.3, 0.4) is 0 Å². The van der Waals surface area contributed by atoms with Gasteiger partial charge in [0.1, 0.15) is 30.1 Å². The van der Waals surface area contributed by atoms with Crippen LogP contribution in [0.5, 0.6) is 0 Å². The molecule has 0 heterocycles. The van der Waals surface area contributed by atoms with Crippen molar-refractivity contribution < 1.29 is 62.7 Å². The molecule has 14 heteroatoms. The highest BCUT2D eigenvalue weighted by Crippen LogP contribution is 2.55. The van der Waals surface area contributed by atoms with Gasteiger partial charge in [0, 0.05) is 50.7 Å². The van der Waals surface area contributed by atoms with Gasteiger partial charge in [-0.25, -0.2) is 9.59 Å². The van der Waals surface area contributed by atoms with Gasteiger partial charge in [0.25, 0.3) is 18.3 Å². The Morgan fingerprint density at radius 3 is 1.93 bits per heavy atom. The number of aliphatic carboxylic acids is 1. The third kappa shape index (κ3) is 11.8. The van der Waals surface area contributed by atoms with Crippen molar-refractivity contribution in [3.63, 3.8) is 0 Å². The number of aliphatic hydroxyl groups is 1. The first-order chi connectivity index (χ1) is 29.1. The summed E-state index contributed by atoms with van der Waals surface area (Å²) < 4.78 is 24.0. The number of rotatable bonds is 11. The fourth-order valence-electron chi connectivity index (χ4n) is 8.87. The number of esters is 3. The third-order valence-corrected chi connectivity index (χ3v) is 11.6. The zero-order chi connectivity index (χ0) is 44.9. The molecule has 0 aromatic heterocycles. The lowest BCUT2D eigenvalue weighted by atomic mass is 9.55. The largest absolute Gasteiger partial charge is 0.481 e. The van der Waals surface area contributed by atoms with Crippen LogP contribution >= 0.6 is 0 Å². The topological polar surface area (TPSA) is 209 Å². The average molecular weight is 842 g/mol. The van der Waals surface area contributed by atoms with E-state index in [4.69, 9.17) is 34.0 Å². The van der Waals surface area contributed by atoms with E-state index in [1.54, 1.807) is 91.0 Å². The van der Waals surface area contributed by atoms with E-state index in [-0.39, 0.29) is 25.1 Å². The molecule has 0 saturated heterocycles. The molecule has 61 heavy (non-hydrogen) atoms. The van der Waals surface area contributed by atoms with Gasteiger partial charge in [0.05, 0.1) is 5.56 Å². The predicted molar refractivity (Wildman–Crippen MR) is 222 cm³/mol. The summed E-state index contributed by atoms with van der Waals surface area (Å²) in [6.07, 6.45) is -2.11. The Morgan fingerprint density at radius 2 is 1.38 bits per heavy atom. The van der Waals surface area contributed by atoms with Gasteiger partial charge in [0.2, 0.25) is 6.10 Å². The number of fused-ring (bicyclic) bond motifs is 3. The molecule has 2 fully saturated rings. The number of hydrogen-bond acceptors (Lipinski definition) is 12. The first kappa shape index (κ1) is 47.5. The van der Waals surface area contributed by atoms with Crippen LogP contribution in [-0.2, 0) is 42.9 Å². The predicted octanol–water partition coefficient (Wildman–Crippen LogP) is 6.22. The molecule has 0 spiro atoms. The van der Waals surface area contributed by atoms with Crippen LogP contribution in [0, 0.1) is 23.2 Å². The van der Waals surface area contributed by atoms with Gasteiger partial charge in [-0.1, -0.05) is 86.2 Å². The van der Waals surface area contributed by atoms with Crippen molar-refractivity contribution in [2.45, 2.75) is 97.2 Å². The summed E-state index contributed by atoms with van der Waals surface area (Å²) in [6.45, 7) is 8.38. The molecule has 3 aliphatic rings. The maximum atomic E-state index is 14.3. The number of carbonyl (C=O) groups excluding carboxylic acids is 6. The average Bonchev–Trinajstić information content (AvgIpc) is 3.24. The maximum Gasteiger partial charge on any atom is 0.350 e. The minimum atomic E-state index is -1.59. The lowest BCUT2D eigenvalue weighted by Crippen LogP contribution is -2.57. The van der Waals surface area contributed by atoms with E-state index in [2.05, 4.69) is 5.32 Å². The first-order valence-electron chi connectivity index (χ1n) is 20.1. The summed E-state index contributed by atoms with van der Waals surface area (Å²) in [5.41, 5.74) is 1.89. The summed E-state index contributed by atoms with van der Waals surface area (Å²) in [7, 11) is 1.00. The molecule has 2 bridgehead atoms. The van der Waals surface area contributed by atoms with Crippen molar-refractivity contribution in [1.82, 2.24) is 5.32 Å². The van der Waals surface area contributed by atoms with Gasteiger partial charge >= 0.3 is 17.9 Å². The second-order valence-corrected chi connectivity index (χ2v) is 15.7. The molecule has 0 radical (unpaired) electrons. The Balaban J connectivity index is 0.00000129. The molecule has 6 rings (SSSR count). The van der Waals surface area contributed by atoms with Crippen LogP contribution in [0.1, 0.15) is 99.0 Å². The molecule has 14 nitrogen and oxygen atoms in total. The van der Waals surface area contributed by atoms with Gasteiger partial charge in [-0.3, -0.25) is 24.0 Å². The molecule has 3 aromatic rings. The number of ether oxygens (including phenoxy) is 4. The highest BCUT2D eigenvalue weighted by atomic mass is 16.6. The summed E-state index contributed by atoms with van der Waals surface area (Å²) in [5, 5.41) is 17.3. The molecule has 326 valence electrons. The van der Waals surface area contributed by atoms with Crippen LogP contribution in [0.15, 0.2) is 102 Å². The van der Waals surface area contributed by atoms with Gasteiger partial charge < -0.3 is 34.5 Å². The molecular formula is C47H55NO13. The number of hydrogen-bond donors (Lipinski definition) is 3.